The van der Waals surface area contributed by atoms with E-state index >= 15 is 0 Å². The molecule has 4 atom stereocenters. The number of hydrogen-bond donors (Lipinski definition) is 2. The Hall–Kier alpha value is -2.66. The minimum atomic E-state index is -1.16. The summed E-state index contributed by atoms with van der Waals surface area (Å²) in [5.74, 6) is -1.95. The van der Waals surface area contributed by atoms with Gasteiger partial charge >= 0.3 is 24.0 Å². The van der Waals surface area contributed by atoms with Crippen LogP contribution in [-0.2, 0) is 38.2 Å². The zero-order valence-corrected chi connectivity index (χ0v) is 14.7. The Morgan fingerprint density at radius 3 is 2.19 bits per heavy atom. The Bertz CT molecular complexity index is 551. The van der Waals surface area contributed by atoms with Crippen molar-refractivity contribution in [3.8, 4) is 0 Å². The number of hydrogen-bond acceptors (Lipinski definition) is 10. The summed E-state index contributed by atoms with van der Waals surface area (Å²) in [5, 5.41) is 2.38. The predicted molar refractivity (Wildman–Crippen MR) is 84.2 cm³/mol. The molecule has 1 fully saturated rings. The Balaban J connectivity index is 2.96. The Kier molecular flexibility index (Phi) is 8.52. The average molecular weight is 374 g/mol. The van der Waals surface area contributed by atoms with E-state index in [1.54, 1.807) is 0 Å². The lowest BCUT2D eigenvalue weighted by Crippen LogP contribution is -2.67. The maximum atomic E-state index is 11.7. The molecule has 1 heterocycles. The SMILES string of the molecule is C=CCOC(=O)NC1NOC(COC(C)=O)[C@H](OC(C)=O)C1OC(C)=O. The Morgan fingerprint density at radius 2 is 1.65 bits per heavy atom. The van der Waals surface area contributed by atoms with E-state index in [9.17, 15) is 19.2 Å². The number of amides is 1. The Labute approximate surface area is 149 Å². The zero-order chi connectivity index (χ0) is 19.7. The van der Waals surface area contributed by atoms with Crippen LogP contribution in [-0.4, -0.2) is 61.7 Å². The van der Waals surface area contributed by atoms with Crippen LogP contribution in [0.3, 0.4) is 0 Å². The molecule has 0 spiro atoms. The molecule has 1 aliphatic rings. The van der Waals surface area contributed by atoms with E-state index in [1.165, 1.54) is 13.0 Å². The van der Waals surface area contributed by atoms with Gasteiger partial charge in [0.05, 0.1) is 0 Å². The number of carbonyl (C=O) groups excluding carboxylic acids is 4. The smallest absolute Gasteiger partial charge is 0.408 e. The van der Waals surface area contributed by atoms with Gasteiger partial charge in [0, 0.05) is 20.8 Å². The highest BCUT2D eigenvalue weighted by molar-refractivity contribution is 5.69. The van der Waals surface area contributed by atoms with Crippen molar-refractivity contribution in [1.82, 2.24) is 10.8 Å². The van der Waals surface area contributed by atoms with Gasteiger partial charge in [-0.05, 0) is 0 Å². The Morgan fingerprint density at radius 1 is 1.04 bits per heavy atom. The third-order valence-corrected chi connectivity index (χ3v) is 3.03. The topological polar surface area (TPSA) is 138 Å². The van der Waals surface area contributed by atoms with E-state index in [0.717, 1.165) is 13.8 Å². The lowest BCUT2D eigenvalue weighted by molar-refractivity contribution is -0.231. The third-order valence-electron chi connectivity index (χ3n) is 3.03. The quantitative estimate of drug-likeness (QED) is 0.342. The van der Waals surface area contributed by atoms with E-state index in [1.807, 2.05) is 0 Å². The van der Waals surface area contributed by atoms with Crippen LogP contribution in [0.4, 0.5) is 4.79 Å². The van der Waals surface area contributed by atoms with Crippen LogP contribution in [0.2, 0.25) is 0 Å². The van der Waals surface area contributed by atoms with Crippen LogP contribution in [0.15, 0.2) is 12.7 Å². The molecule has 2 N–H and O–H groups in total. The fourth-order valence-corrected chi connectivity index (χ4v) is 2.10. The maximum Gasteiger partial charge on any atom is 0.408 e. The van der Waals surface area contributed by atoms with Gasteiger partial charge in [-0.25, -0.2) is 4.79 Å². The van der Waals surface area contributed by atoms with E-state index in [4.69, 9.17) is 23.8 Å². The fourth-order valence-electron chi connectivity index (χ4n) is 2.10. The maximum absolute atomic E-state index is 11.7. The summed E-state index contributed by atoms with van der Waals surface area (Å²) in [6, 6.07) is 0. The van der Waals surface area contributed by atoms with Crippen molar-refractivity contribution in [2.75, 3.05) is 13.2 Å². The van der Waals surface area contributed by atoms with Gasteiger partial charge in [0.1, 0.15) is 19.4 Å². The second-order valence-electron chi connectivity index (χ2n) is 5.23. The summed E-state index contributed by atoms with van der Waals surface area (Å²) in [7, 11) is 0. The molecule has 0 aromatic carbocycles. The number of ether oxygens (including phenoxy) is 4. The number of hydroxylamine groups is 1. The summed E-state index contributed by atoms with van der Waals surface area (Å²) in [5.41, 5.74) is 2.46. The highest BCUT2D eigenvalue weighted by Crippen LogP contribution is 2.20. The number of esters is 3. The molecule has 1 rings (SSSR count). The third kappa shape index (κ3) is 7.07. The van der Waals surface area contributed by atoms with Crippen molar-refractivity contribution >= 4 is 24.0 Å². The number of nitrogens with one attached hydrogen (secondary N) is 2. The van der Waals surface area contributed by atoms with Gasteiger partial charge in [-0.15, -0.1) is 0 Å². The van der Waals surface area contributed by atoms with Crippen LogP contribution in [0.25, 0.3) is 0 Å². The molecule has 0 saturated carbocycles. The minimum Gasteiger partial charge on any atom is -0.463 e. The van der Waals surface area contributed by atoms with Crippen LogP contribution < -0.4 is 10.8 Å². The molecular formula is C15H22N2O9. The average Bonchev–Trinajstić information content (AvgIpc) is 2.54. The molecule has 11 nitrogen and oxygen atoms in total. The summed E-state index contributed by atoms with van der Waals surface area (Å²) >= 11 is 0. The summed E-state index contributed by atoms with van der Waals surface area (Å²) in [6.45, 7) is 6.59. The van der Waals surface area contributed by atoms with Crippen molar-refractivity contribution in [1.29, 1.82) is 0 Å². The van der Waals surface area contributed by atoms with Gasteiger partial charge in [0.2, 0.25) is 0 Å². The molecule has 0 radical (unpaired) electrons. The van der Waals surface area contributed by atoms with Gasteiger partial charge < -0.3 is 24.3 Å². The molecule has 1 aliphatic heterocycles. The lowest BCUT2D eigenvalue weighted by atomic mass is 10.0. The first-order chi connectivity index (χ1) is 12.2. The molecule has 1 saturated heterocycles. The van der Waals surface area contributed by atoms with Crippen molar-refractivity contribution in [3.05, 3.63) is 12.7 Å². The van der Waals surface area contributed by atoms with Gasteiger partial charge in [-0.2, -0.15) is 5.48 Å². The van der Waals surface area contributed by atoms with Gasteiger partial charge in [-0.1, -0.05) is 12.7 Å². The van der Waals surface area contributed by atoms with Crippen molar-refractivity contribution in [2.24, 2.45) is 0 Å². The summed E-state index contributed by atoms with van der Waals surface area (Å²) < 4.78 is 20.0. The van der Waals surface area contributed by atoms with Gasteiger partial charge in [-0.3, -0.25) is 19.2 Å². The number of rotatable bonds is 7. The monoisotopic (exact) mass is 374 g/mol. The molecule has 0 bridgehead atoms. The summed E-state index contributed by atoms with van der Waals surface area (Å²) in [4.78, 5) is 50.9. The highest BCUT2D eigenvalue weighted by Gasteiger charge is 2.46. The fraction of sp³-hybridized carbons (Fsp3) is 0.600. The van der Waals surface area contributed by atoms with Crippen LogP contribution in [0, 0.1) is 0 Å². The van der Waals surface area contributed by atoms with Gasteiger partial charge in [0.15, 0.2) is 18.3 Å². The number of carbonyl (C=O) groups is 4. The van der Waals surface area contributed by atoms with E-state index in [2.05, 4.69) is 17.4 Å². The second-order valence-corrected chi connectivity index (χ2v) is 5.23. The van der Waals surface area contributed by atoms with Crippen molar-refractivity contribution in [2.45, 2.75) is 45.2 Å². The van der Waals surface area contributed by atoms with Crippen LogP contribution >= 0.6 is 0 Å². The summed E-state index contributed by atoms with van der Waals surface area (Å²) in [6.07, 6.45) is -3.86. The van der Waals surface area contributed by atoms with E-state index in [0.29, 0.717) is 0 Å². The lowest BCUT2D eigenvalue weighted by Gasteiger charge is -2.40. The van der Waals surface area contributed by atoms with Gasteiger partial charge in [0.25, 0.3) is 0 Å². The standard InChI is InChI=1S/C15H22N2O9/c1-5-6-22-15(21)16-14-13(25-10(4)20)12(24-9(3)19)11(26-17-14)7-23-8(2)18/h5,11-14,17H,1,6-7H2,2-4H3,(H,16,21)/t11?,12-,13?,14?/m0/s1. The molecule has 1 amide bonds. The molecule has 11 heteroatoms. The van der Waals surface area contributed by atoms with Crippen molar-refractivity contribution < 1.29 is 43.0 Å². The van der Waals surface area contributed by atoms with Crippen LogP contribution in [0.1, 0.15) is 20.8 Å². The first-order valence-electron chi connectivity index (χ1n) is 7.67. The molecule has 0 aliphatic carbocycles. The minimum absolute atomic E-state index is 0.0416. The first-order valence-corrected chi connectivity index (χ1v) is 7.67. The molecule has 26 heavy (non-hydrogen) atoms. The second kappa shape index (κ2) is 10.4. The molecular weight excluding hydrogens is 352 g/mol. The highest BCUT2D eigenvalue weighted by atomic mass is 16.7. The molecule has 146 valence electrons. The van der Waals surface area contributed by atoms with Crippen LogP contribution in [0.5, 0.6) is 0 Å². The number of alkyl carbamates (subject to hydrolysis) is 1. The first kappa shape index (κ1) is 21.4. The van der Waals surface area contributed by atoms with Crippen molar-refractivity contribution in [3.63, 3.8) is 0 Å². The molecule has 0 aromatic heterocycles. The molecule has 0 aromatic rings. The van der Waals surface area contributed by atoms with E-state index < -0.39 is 48.5 Å². The normalized spacial score (nSPS) is 24.7. The molecule has 3 unspecified atom stereocenters. The predicted octanol–water partition coefficient (Wildman–Crippen LogP) is -0.445. The largest absolute Gasteiger partial charge is 0.463 e. The zero-order valence-electron chi connectivity index (χ0n) is 14.7. The van der Waals surface area contributed by atoms with E-state index in [-0.39, 0.29) is 13.2 Å².